The topological polar surface area (TPSA) is 47.3 Å². The van der Waals surface area contributed by atoms with Gasteiger partial charge in [-0.3, -0.25) is 4.90 Å². The molecule has 27 heavy (non-hydrogen) atoms. The first kappa shape index (κ1) is 17.8. The molecule has 0 amide bonds. The fourth-order valence-corrected chi connectivity index (χ4v) is 5.10. The highest BCUT2D eigenvalue weighted by Crippen LogP contribution is 2.51. The Morgan fingerprint density at radius 3 is 2.78 bits per heavy atom. The molecule has 2 atom stereocenters. The maximum Gasteiger partial charge on any atom is 0.115 e. The van der Waals surface area contributed by atoms with Crippen LogP contribution in [0, 0.1) is 11.3 Å². The van der Waals surface area contributed by atoms with Gasteiger partial charge in [-0.15, -0.1) is 0 Å². The second kappa shape index (κ2) is 7.58. The van der Waals surface area contributed by atoms with Gasteiger partial charge < -0.3 is 5.11 Å². The molecular weight excluding hydrogens is 332 g/mol. The summed E-state index contributed by atoms with van der Waals surface area (Å²) in [4.78, 5) is 2.57. The Hall–Kier alpha value is -2.57. The molecule has 0 spiro atoms. The van der Waals surface area contributed by atoms with E-state index in [2.05, 4.69) is 47.4 Å². The van der Waals surface area contributed by atoms with Gasteiger partial charge in [-0.25, -0.2) is 0 Å². The minimum atomic E-state index is -0.0966. The first-order chi connectivity index (χ1) is 13.2. The van der Waals surface area contributed by atoms with E-state index in [1.54, 1.807) is 12.1 Å². The fraction of sp³-hybridized carbons (Fsp3) is 0.375. The van der Waals surface area contributed by atoms with Crippen LogP contribution in [-0.2, 0) is 11.8 Å². The van der Waals surface area contributed by atoms with E-state index >= 15 is 0 Å². The highest BCUT2D eigenvalue weighted by atomic mass is 16.3. The number of hydrogen-bond acceptors (Lipinski definition) is 3. The summed E-state index contributed by atoms with van der Waals surface area (Å²) in [5.74, 6) is 0.312. The van der Waals surface area contributed by atoms with Crippen LogP contribution in [0.2, 0.25) is 0 Å². The van der Waals surface area contributed by atoms with E-state index in [1.165, 1.54) is 11.1 Å². The fourth-order valence-electron chi connectivity index (χ4n) is 5.10. The van der Waals surface area contributed by atoms with Gasteiger partial charge in [-0.05, 0) is 61.1 Å². The van der Waals surface area contributed by atoms with E-state index in [0.29, 0.717) is 11.8 Å². The van der Waals surface area contributed by atoms with Crippen molar-refractivity contribution in [1.82, 2.24) is 4.90 Å². The quantitative estimate of drug-likeness (QED) is 0.814. The third-order valence-electron chi connectivity index (χ3n) is 6.41. The molecule has 138 valence electrons. The molecule has 1 saturated carbocycles. The van der Waals surface area contributed by atoms with Gasteiger partial charge in [0.25, 0.3) is 0 Å². The van der Waals surface area contributed by atoms with Crippen molar-refractivity contribution in [3.05, 3.63) is 77.4 Å². The first-order valence-electron chi connectivity index (χ1n) is 9.90. The molecule has 2 bridgehead atoms. The summed E-state index contributed by atoms with van der Waals surface area (Å²) in [6.45, 7) is 2.06. The van der Waals surface area contributed by atoms with Crippen molar-refractivity contribution in [2.45, 2.75) is 43.6 Å². The Kier molecular flexibility index (Phi) is 5.01. The number of hydrogen-bond donors (Lipinski definition) is 1. The number of likely N-dealkylation sites (tertiary alicyclic amines) is 1. The van der Waals surface area contributed by atoms with Crippen molar-refractivity contribution in [2.24, 2.45) is 0 Å². The van der Waals surface area contributed by atoms with E-state index in [1.807, 2.05) is 12.1 Å². The van der Waals surface area contributed by atoms with Crippen LogP contribution < -0.4 is 0 Å². The highest BCUT2D eigenvalue weighted by molar-refractivity contribution is 5.46. The molecule has 3 heteroatoms. The Balaban J connectivity index is 1.62. The molecule has 0 aromatic heterocycles. The molecule has 1 aliphatic heterocycles. The number of fused-ring (bicyclic) bond motifs is 2. The smallest absolute Gasteiger partial charge is 0.115 e. The second-order valence-corrected chi connectivity index (χ2v) is 7.79. The third kappa shape index (κ3) is 3.38. The zero-order valence-corrected chi connectivity index (χ0v) is 15.6. The largest absolute Gasteiger partial charge is 0.508 e. The SMILES string of the molecule is N#C/C=C1\[C@H]2CCC[C@]1(c1cccc(O)c1)CCN2CCc1ccccc1. The van der Waals surface area contributed by atoms with Gasteiger partial charge in [0.1, 0.15) is 5.75 Å². The van der Waals surface area contributed by atoms with Crippen LogP contribution in [0.4, 0.5) is 0 Å². The number of piperidine rings is 1. The Bertz CT molecular complexity index is 867. The van der Waals surface area contributed by atoms with Gasteiger partial charge in [0, 0.05) is 24.1 Å². The van der Waals surface area contributed by atoms with Gasteiger partial charge in [0.15, 0.2) is 0 Å². The molecule has 2 aromatic rings. The number of rotatable bonds is 4. The summed E-state index contributed by atoms with van der Waals surface area (Å²) in [7, 11) is 0. The van der Waals surface area contributed by atoms with Crippen LogP contribution in [0.15, 0.2) is 66.2 Å². The van der Waals surface area contributed by atoms with Crippen molar-refractivity contribution in [3.8, 4) is 11.8 Å². The summed E-state index contributed by atoms with van der Waals surface area (Å²) < 4.78 is 0. The highest BCUT2D eigenvalue weighted by Gasteiger charge is 2.47. The first-order valence-corrected chi connectivity index (χ1v) is 9.90. The van der Waals surface area contributed by atoms with Crippen molar-refractivity contribution < 1.29 is 5.11 Å². The molecule has 1 N–H and O–H groups in total. The number of nitriles is 1. The molecular formula is C24H26N2O. The molecule has 2 aromatic carbocycles. The summed E-state index contributed by atoms with van der Waals surface area (Å²) in [6, 6.07) is 20.9. The van der Waals surface area contributed by atoms with Crippen molar-refractivity contribution >= 4 is 0 Å². The van der Waals surface area contributed by atoms with Gasteiger partial charge >= 0.3 is 0 Å². The lowest BCUT2D eigenvalue weighted by Gasteiger charge is -2.53. The summed E-state index contributed by atoms with van der Waals surface area (Å²) in [5.41, 5.74) is 3.68. The maximum absolute atomic E-state index is 10.0. The molecule has 1 heterocycles. The number of phenols is 1. The lowest BCUT2D eigenvalue weighted by Crippen LogP contribution is -2.54. The lowest BCUT2D eigenvalue weighted by atomic mass is 9.60. The molecule has 0 radical (unpaired) electrons. The molecule has 3 nitrogen and oxygen atoms in total. The summed E-state index contributed by atoms with van der Waals surface area (Å²) in [6.07, 6.45) is 7.18. The predicted octanol–water partition coefficient (Wildman–Crippen LogP) is 4.58. The van der Waals surface area contributed by atoms with Gasteiger partial charge in [0.2, 0.25) is 0 Å². The number of phenolic OH excluding ortho intramolecular Hbond substituents is 1. The minimum absolute atomic E-state index is 0.0966. The van der Waals surface area contributed by atoms with Gasteiger partial charge in [0.05, 0.1) is 6.07 Å². The molecule has 1 saturated heterocycles. The minimum Gasteiger partial charge on any atom is -0.508 e. The Labute approximate surface area is 161 Å². The number of allylic oxidation sites excluding steroid dienone is 1. The van der Waals surface area contributed by atoms with Gasteiger partial charge in [-0.2, -0.15) is 5.26 Å². The normalized spacial score (nSPS) is 26.6. The van der Waals surface area contributed by atoms with E-state index in [0.717, 1.165) is 50.8 Å². The van der Waals surface area contributed by atoms with Crippen molar-refractivity contribution in [3.63, 3.8) is 0 Å². The zero-order chi connectivity index (χ0) is 18.7. The van der Waals surface area contributed by atoms with Crippen LogP contribution in [0.5, 0.6) is 5.75 Å². The van der Waals surface area contributed by atoms with E-state index in [9.17, 15) is 10.4 Å². The van der Waals surface area contributed by atoms with Crippen LogP contribution in [0.1, 0.15) is 36.8 Å². The molecule has 2 fully saturated rings. The Morgan fingerprint density at radius 2 is 2.00 bits per heavy atom. The van der Waals surface area contributed by atoms with Crippen LogP contribution >= 0.6 is 0 Å². The van der Waals surface area contributed by atoms with Crippen molar-refractivity contribution in [1.29, 1.82) is 5.26 Å². The summed E-state index contributed by atoms with van der Waals surface area (Å²) >= 11 is 0. The maximum atomic E-state index is 10.0. The van der Waals surface area contributed by atoms with Crippen LogP contribution in [0.3, 0.4) is 0 Å². The molecule has 1 aliphatic carbocycles. The molecule has 0 unspecified atom stereocenters. The molecule has 4 rings (SSSR count). The zero-order valence-electron chi connectivity index (χ0n) is 15.6. The van der Waals surface area contributed by atoms with E-state index in [-0.39, 0.29) is 5.41 Å². The number of benzene rings is 2. The lowest BCUT2D eigenvalue weighted by molar-refractivity contribution is 0.110. The second-order valence-electron chi connectivity index (χ2n) is 7.79. The van der Waals surface area contributed by atoms with E-state index < -0.39 is 0 Å². The monoisotopic (exact) mass is 358 g/mol. The average molecular weight is 358 g/mol. The van der Waals surface area contributed by atoms with Crippen LogP contribution in [0.25, 0.3) is 0 Å². The standard InChI is InChI=1S/C24H26N2O/c25-15-11-22-23-10-5-13-24(22,20-8-4-9-21(27)18-20)14-17-26(23)16-12-19-6-2-1-3-7-19/h1-4,6-9,11,18,23,27H,5,10,12-14,16-17H2/b22-11+/t23-,24-/m1/s1. The van der Waals surface area contributed by atoms with Crippen molar-refractivity contribution in [2.75, 3.05) is 13.1 Å². The Morgan fingerprint density at radius 1 is 1.15 bits per heavy atom. The summed E-state index contributed by atoms with van der Waals surface area (Å²) in [5, 5.41) is 19.5. The third-order valence-corrected chi connectivity index (χ3v) is 6.41. The van der Waals surface area contributed by atoms with E-state index in [4.69, 9.17) is 0 Å². The molecule has 2 aliphatic rings. The van der Waals surface area contributed by atoms with Gasteiger partial charge in [-0.1, -0.05) is 48.9 Å². The average Bonchev–Trinajstić information content (AvgIpc) is 2.69. The predicted molar refractivity (Wildman–Crippen MR) is 107 cm³/mol. The number of nitrogens with zero attached hydrogens (tertiary/aromatic N) is 2. The number of aromatic hydroxyl groups is 1. The van der Waals surface area contributed by atoms with Crippen LogP contribution in [-0.4, -0.2) is 29.1 Å².